The van der Waals surface area contributed by atoms with Gasteiger partial charge in [-0.15, -0.1) is 0 Å². The lowest BCUT2D eigenvalue weighted by atomic mass is 9.94. The number of carbonyl (C=O) groups excluding carboxylic acids is 1. The van der Waals surface area contributed by atoms with Gasteiger partial charge < -0.3 is 9.64 Å². The molecular formula is C25H21FN6O2. The normalized spacial score (nSPS) is 15.7. The molecule has 9 heteroatoms. The van der Waals surface area contributed by atoms with Gasteiger partial charge in [-0.05, 0) is 43.2 Å². The van der Waals surface area contributed by atoms with Crippen molar-refractivity contribution in [1.82, 2.24) is 29.8 Å². The van der Waals surface area contributed by atoms with Crippen LogP contribution in [-0.2, 0) is 0 Å². The molecule has 1 atom stereocenters. The maximum absolute atomic E-state index is 13.3. The highest BCUT2D eigenvalue weighted by molar-refractivity contribution is 5.95. The van der Waals surface area contributed by atoms with Crippen molar-refractivity contribution in [2.45, 2.75) is 18.8 Å². The summed E-state index contributed by atoms with van der Waals surface area (Å²) >= 11 is 0. The van der Waals surface area contributed by atoms with Crippen molar-refractivity contribution in [3.05, 3.63) is 90.9 Å². The molecule has 0 unspecified atom stereocenters. The smallest absolute Gasteiger partial charge is 0.255 e. The van der Waals surface area contributed by atoms with Gasteiger partial charge in [0.1, 0.15) is 23.6 Å². The summed E-state index contributed by atoms with van der Waals surface area (Å²) in [6.45, 7) is 1.12. The summed E-state index contributed by atoms with van der Waals surface area (Å²) in [5, 5.41) is 0. The van der Waals surface area contributed by atoms with Crippen LogP contribution in [0.1, 0.15) is 34.8 Å². The maximum atomic E-state index is 13.3. The Morgan fingerprint density at radius 2 is 1.74 bits per heavy atom. The predicted octanol–water partition coefficient (Wildman–Crippen LogP) is 4.28. The molecule has 1 fully saturated rings. The number of benzene rings is 1. The first-order chi connectivity index (χ1) is 16.7. The molecule has 1 aliphatic heterocycles. The van der Waals surface area contributed by atoms with E-state index < -0.39 is 0 Å². The first-order valence-corrected chi connectivity index (χ1v) is 10.9. The zero-order valence-corrected chi connectivity index (χ0v) is 18.2. The van der Waals surface area contributed by atoms with Crippen LogP contribution < -0.4 is 4.74 Å². The van der Waals surface area contributed by atoms with Crippen molar-refractivity contribution in [1.29, 1.82) is 0 Å². The third-order valence-electron chi connectivity index (χ3n) is 5.69. The number of pyridine rings is 1. The highest BCUT2D eigenvalue weighted by Gasteiger charge is 2.29. The molecule has 4 aromatic rings. The van der Waals surface area contributed by atoms with E-state index in [4.69, 9.17) is 4.74 Å². The lowest BCUT2D eigenvalue weighted by Crippen LogP contribution is -2.39. The van der Waals surface area contributed by atoms with E-state index in [-0.39, 0.29) is 17.6 Å². The Hall–Kier alpha value is -4.27. The standard InChI is InChI=1S/C25H21FN6O2/c26-21-3-5-22(6-4-21)34-24-23(30-7-8-31-24)17-2-1-9-32(15-17)25(33)19-10-18(11-27-12-19)20-13-28-16-29-14-20/h3-8,10-14,16-17H,1-2,9,15H2/t17-/m0/s1. The molecule has 1 saturated heterocycles. The van der Waals surface area contributed by atoms with E-state index in [0.29, 0.717) is 36.0 Å². The summed E-state index contributed by atoms with van der Waals surface area (Å²) in [5.41, 5.74) is 2.76. The fourth-order valence-electron chi connectivity index (χ4n) is 4.04. The van der Waals surface area contributed by atoms with E-state index in [1.54, 1.807) is 49.3 Å². The van der Waals surface area contributed by atoms with Crippen LogP contribution in [0.4, 0.5) is 4.39 Å². The summed E-state index contributed by atoms with van der Waals surface area (Å²) in [5.74, 6) is 0.355. The minimum atomic E-state index is -0.341. The van der Waals surface area contributed by atoms with Gasteiger partial charge in [0.05, 0.1) is 5.56 Å². The van der Waals surface area contributed by atoms with E-state index in [1.807, 2.05) is 11.0 Å². The van der Waals surface area contributed by atoms with Crippen molar-refractivity contribution in [2.24, 2.45) is 0 Å². The van der Waals surface area contributed by atoms with Crippen LogP contribution >= 0.6 is 0 Å². The molecule has 3 aromatic heterocycles. The Labute approximate surface area is 195 Å². The predicted molar refractivity (Wildman–Crippen MR) is 122 cm³/mol. The quantitative estimate of drug-likeness (QED) is 0.442. The molecule has 4 heterocycles. The number of hydrogen-bond acceptors (Lipinski definition) is 7. The fourth-order valence-corrected chi connectivity index (χ4v) is 4.04. The van der Waals surface area contributed by atoms with E-state index in [9.17, 15) is 9.18 Å². The van der Waals surface area contributed by atoms with Gasteiger partial charge >= 0.3 is 0 Å². The molecule has 0 spiro atoms. The van der Waals surface area contributed by atoms with Crippen molar-refractivity contribution in [3.8, 4) is 22.8 Å². The molecular weight excluding hydrogens is 435 g/mol. The van der Waals surface area contributed by atoms with Gasteiger partial charge in [0.2, 0.25) is 5.88 Å². The molecule has 170 valence electrons. The number of likely N-dealkylation sites (tertiary alicyclic amines) is 1. The van der Waals surface area contributed by atoms with E-state index in [0.717, 1.165) is 24.0 Å². The number of aromatic nitrogens is 5. The van der Waals surface area contributed by atoms with Crippen LogP contribution in [0.2, 0.25) is 0 Å². The topological polar surface area (TPSA) is 94.0 Å². The van der Waals surface area contributed by atoms with E-state index >= 15 is 0 Å². The number of ether oxygens (including phenoxy) is 1. The molecule has 0 saturated carbocycles. The van der Waals surface area contributed by atoms with Crippen LogP contribution in [0.25, 0.3) is 11.1 Å². The Morgan fingerprint density at radius 1 is 0.971 bits per heavy atom. The number of rotatable bonds is 5. The van der Waals surface area contributed by atoms with Crippen LogP contribution in [0.15, 0.2) is 73.8 Å². The van der Waals surface area contributed by atoms with Gasteiger partial charge in [0.25, 0.3) is 5.91 Å². The number of nitrogens with zero attached hydrogens (tertiary/aromatic N) is 6. The molecule has 0 aliphatic carbocycles. The number of halogens is 1. The van der Waals surface area contributed by atoms with Crippen molar-refractivity contribution in [2.75, 3.05) is 13.1 Å². The summed E-state index contributed by atoms with van der Waals surface area (Å²) in [6, 6.07) is 7.56. The second kappa shape index (κ2) is 9.70. The zero-order chi connectivity index (χ0) is 23.3. The van der Waals surface area contributed by atoms with Crippen molar-refractivity contribution < 1.29 is 13.9 Å². The Kier molecular flexibility index (Phi) is 6.15. The molecule has 1 amide bonds. The monoisotopic (exact) mass is 456 g/mol. The summed E-state index contributed by atoms with van der Waals surface area (Å²) < 4.78 is 19.1. The van der Waals surface area contributed by atoms with Crippen LogP contribution in [0, 0.1) is 5.82 Å². The molecule has 1 aliphatic rings. The number of carbonyl (C=O) groups is 1. The lowest BCUT2D eigenvalue weighted by Gasteiger charge is -2.32. The van der Waals surface area contributed by atoms with Crippen molar-refractivity contribution in [3.63, 3.8) is 0 Å². The molecule has 0 N–H and O–H groups in total. The average molecular weight is 456 g/mol. The Balaban J connectivity index is 1.35. The van der Waals surface area contributed by atoms with Gasteiger partial charge in [-0.3, -0.25) is 14.8 Å². The third kappa shape index (κ3) is 4.73. The third-order valence-corrected chi connectivity index (χ3v) is 5.69. The van der Waals surface area contributed by atoms with Crippen molar-refractivity contribution >= 4 is 5.91 Å². The maximum Gasteiger partial charge on any atom is 0.255 e. The minimum Gasteiger partial charge on any atom is -0.437 e. The minimum absolute atomic E-state index is 0.0412. The molecule has 1 aromatic carbocycles. The largest absolute Gasteiger partial charge is 0.437 e. The first-order valence-electron chi connectivity index (χ1n) is 10.9. The first kappa shape index (κ1) is 21.6. The van der Waals surface area contributed by atoms with Gasteiger partial charge in [0, 0.05) is 67.3 Å². The van der Waals surface area contributed by atoms with E-state index in [2.05, 4.69) is 24.9 Å². The fraction of sp³-hybridized carbons (Fsp3) is 0.200. The molecule has 0 bridgehead atoms. The summed E-state index contributed by atoms with van der Waals surface area (Å²) in [7, 11) is 0. The van der Waals surface area contributed by atoms with Crippen LogP contribution in [-0.4, -0.2) is 48.8 Å². The number of amides is 1. The highest BCUT2D eigenvalue weighted by Crippen LogP contribution is 2.33. The Morgan fingerprint density at radius 3 is 2.56 bits per heavy atom. The second-order valence-corrected chi connectivity index (χ2v) is 7.98. The summed E-state index contributed by atoms with van der Waals surface area (Å²) in [4.78, 5) is 36.3. The highest BCUT2D eigenvalue weighted by atomic mass is 19.1. The molecule has 8 nitrogen and oxygen atoms in total. The average Bonchev–Trinajstić information content (AvgIpc) is 2.90. The van der Waals surface area contributed by atoms with Crippen LogP contribution in [0.5, 0.6) is 11.6 Å². The number of piperidine rings is 1. The van der Waals surface area contributed by atoms with Gasteiger partial charge in [-0.2, -0.15) is 0 Å². The number of hydrogen-bond donors (Lipinski definition) is 0. The van der Waals surface area contributed by atoms with Gasteiger partial charge in [0.15, 0.2) is 0 Å². The Bertz CT molecular complexity index is 1290. The molecule has 5 rings (SSSR count). The lowest BCUT2D eigenvalue weighted by molar-refractivity contribution is 0.0704. The van der Waals surface area contributed by atoms with Gasteiger partial charge in [-0.1, -0.05) is 0 Å². The molecule has 0 radical (unpaired) electrons. The summed E-state index contributed by atoms with van der Waals surface area (Å²) in [6.07, 6.45) is 12.9. The van der Waals surface area contributed by atoms with Gasteiger partial charge in [-0.25, -0.2) is 19.3 Å². The zero-order valence-electron chi connectivity index (χ0n) is 18.2. The van der Waals surface area contributed by atoms with Crippen LogP contribution in [0.3, 0.4) is 0 Å². The molecule has 34 heavy (non-hydrogen) atoms. The van der Waals surface area contributed by atoms with E-state index in [1.165, 1.54) is 18.5 Å². The SMILES string of the molecule is O=C(c1cncc(-c2cncnc2)c1)N1CCC[C@H](c2nccnc2Oc2ccc(F)cc2)C1. The second-order valence-electron chi connectivity index (χ2n) is 7.98.